The minimum atomic E-state index is -1.66. The van der Waals surface area contributed by atoms with E-state index < -0.39 is 39.8 Å². The average molecular weight is 448 g/mol. The van der Waals surface area contributed by atoms with E-state index in [0.29, 0.717) is 17.1 Å². The molecule has 0 bridgehead atoms. The van der Waals surface area contributed by atoms with Crippen LogP contribution in [0.3, 0.4) is 0 Å². The molecule has 0 radical (unpaired) electrons. The van der Waals surface area contributed by atoms with Gasteiger partial charge >= 0.3 is 0 Å². The van der Waals surface area contributed by atoms with Gasteiger partial charge in [-0.3, -0.25) is 9.10 Å². The number of amides is 1. The van der Waals surface area contributed by atoms with E-state index in [0.717, 1.165) is 5.56 Å². The van der Waals surface area contributed by atoms with Gasteiger partial charge in [-0.2, -0.15) is 0 Å². The van der Waals surface area contributed by atoms with Gasteiger partial charge in [-0.25, -0.2) is 4.21 Å². The van der Waals surface area contributed by atoms with Crippen LogP contribution in [0.15, 0.2) is 37.4 Å². The van der Waals surface area contributed by atoms with Crippen LogP contribution in [0.4, 0.5) is 0 Å². The predicted octanol–water partition coefficient (Wildman–Crippen LogP) is 3.68. The van der Waals surface area contributed by atoms with Crippen LogP contribution in [0.1, 0.15) is 56.5 Å². The van der Waals surface area contributed by atoms with E-state index in [1.54, 1.807) is 18.2 Å². The quantitative estimate of drug-likeness (QED) is 0.656. The summed E-state index contributed by atoms with van der Waals surface area (Å²) in [6.07, 6.45) is 2.37. The van der Waals surface area contributed by atoms with Gasteiger partial charge in [0.1, 0.15) is 23.2 Å². The van der Waals surface area contributed by atoms with Crippen LogP contribution >= 0.6 is 0 Å². The van der Waals surface area contributed by atoms with Gasteiger partial charge in [-0.15, -0.1) is 13.2 Å². The lowest BCUT2D eigenvalue weighted by molar-refractivity contribution is -0.147. The summed E-state index contributed by atoms with van der Waals surface area (Å²) >= 11 is 0. The first-order chi connectivity index (χ1) is 14.5. The maximum Gasteiger partial charge on any atom is 0.266 e. The van der Waals surface area contributed by atoms with E-state index in [1.807, 2.05) is 40.7 Å². The summed E-state index contributed by atoms with van der Waals surface area (Å²) in [7, 11) is -1.66. The Kier molecular flexibility index (Phi) is 5.31. The van der Waals surface area contributed by atoms with Crippen molar-refractivity contribution in [2.24, 2.45) is 0 Å². The molecule has 31 heavy (non-hydrogen) atoms. The Morgan fingerprint density at radius 2 is 1.77 bits per heavy atom. The standard InChI is InChI=1S/C23H29NO6S/c1-8-13-14-10-17-18(28-12-27-17)11-15(14)21(25)24(31(26)22(3,4)5)19(13)20-16(9-2)29-23(6,7)30-20/h8-11,13,16,19-20H,1-2,12H2,3-7H3/t13-,16-,19-,20-,31+/m1/s1. The van der Waals surface area contributed by atoms with Crippen molar-refractivity contribution in [1.29, 1.82) is 0 Å². The Labute approximate surface area is 185 Å². The highest BCUT2D eigenvalue weighted by Crippen LogP contribution is 2.47. The number of fused-ring (bicyclic) bond motifs is 2. The maximum atomic E-state index is 13.8. The summed E-state index contributed by atoms with van der Waals surface area (Å²) in [4.78, 5) is 13.8. The molecule has 0 saturated carbocycles. The third kappa shape index (κ3) is 3.60. The minimum absolute atomic E-state index is 0.0958. The van der Waals surface area contributed by atoms with E-state index >= 15 is 0 Å². The molecule has 168 valence electrons. The van der Waals surface area contributed by atoms with Crippen LogP contribution in [0.25, 0.3) is 0 Å². The molecule has 1 amide bonds. The van der Waals surface area contributed by atoms with Gasteiger partial charge < -0.3 is 18.9 Å². The Morgan fingerprint density at radius 1 is 1.13 bits per heavy atom. The average Bonchev–Trinajstić information content (AvgIpc) is 3.27. The molecule has 3 aliphatic heterocycles. The third-order valence-electron chi connectivity index (χ3n) is 5.66. The topological polar surface area (TPSA) is 74.3 Å². The first-order valence-electron chi connectivity index (χ1n) is 10.3. The number of nitrogens with zero attached hydrogens (tertiary/aromatic N) is 1. The molecule has 1 fully saturated rings. The first kappa shape index (κ1) is 22.0. The number of rotatable bonds is 4. The molecule has 0 unspecified atom stereocenters. The molecule has 1 aromatic carbocycles. The molecule has 0 aliphatic carbocycles. The first-order valence-corrected chi connectivity index (χ1v) is 11.4. The Morgan fingerprint density at radius 3 is 2.35 bits per heavy atom. The van der Waals surface area contributed by atoms with Crippen molar-refractivity contribution in [3.8, 4) is 11.5 Å². The Balaban J connectivity index is 1.91. The van der Waals surface area contributed by atoms with Gasteiger partial charge in [-0.1, -0.05) is 12.2 Å². The van der Waals surface area contributed by atoms with Crippen LogP contribution in [-0.4, -0.2) is 50.0 Å². The third-order valence-corrected chi connectivity index (χ3v) is 7.48. The number of carbonyl (C=O) groups excluding carboxylic acids is 1. The van der Waals surface area contributed by atoms with Gasteiger partial charge in [-0.05, 0) is 52.3 Å². The van der Waals surface area contributed by atoms with E-state index in [1.165, 1.54) is 4.31 Å². The van der Waals surface area contributed by atoms with Crippen LogP contribution in [0.5, 0.6) is 11.5 Å². The fraction of sp³-hybridized carbons (Fsp3) is 0.522. The van der Waals surface area contributed by atoms with Crippen molar-refractivity contribution < 1.29 is 28.0 Å². The highest BCUT2D eigenvalue weighted by atomic mass is 32.2. The molecule has 5 atom stereocenters. The second-order valence-electron chi connectivity index (χ2n) is 9.34. The molecule has 8 heteroatoms. The summed E-state index contributed by atoms with van der Waals surface area (Å²) in [5.74, 6) is -0.506. The van der Waals surface area contributed by atoms with Crippen molar-refractivity contribution in [2.75, 3.05) is 6.79 Å². The number of hydrogen-bond acceptors (Lipinski definition) is 6. The summed E-state index contributed by atoms with van der Waals surface area (Å²) in [6.45, 7) is 17.2. The van der Waals surface area contributed by atoms with Gasteiger partial charge in [0.25, 0.3) is 5.91 Å². The van der Waals surface area contributed by atoms with E-state index in [9.17, 15) is 9.00 Å². The summed E-state index contributed by atoms with van der Waals surface area (Å²) in [5.41, 5.74) is 1.17. The summed E-state index contributed by atoms with van der Waals surface area (Å²) in [5, 5.41) is 0. The number of hydrogen-bond donors (Lipinski definition) is 0. The van der Waals surface area contributed by atoms with Crippen LogP contribution in [0, 0.1) is 0 Å². The lowest BCUT2D eigenvalue weighted by Gasteiger charge is -2.45. The van der Waals surface area contributed by atoms with E-state index in [2.05, 4.69) is 13.2 Å². The zero-order chi connectivity index (χ0) is 22.7. The second-order valence-corrected chi connectivity index (χ2v) is 11.5. The van der Waals surface area contributed by atoms with E-state index in [-0.39, 0.29) is 18.6 Å². The molecular weight excluding hydrogens is 418 g/mol. The molecule has 1 aromatic rings. The molecular formula is C23H29NO6S. The molecule has 1 saturated heterocycles. The largest absolute Gasteiger partial charge is 0.454 e. The fourth-order valence-corrected chi connectivity index (χ4v) is 5.66. The smallest absolute Gasteiger partial charge is 0.266 e. The van der Waals surface area contributed by atoms with Gasteiger partial charge in [0.05, 0.1) is 10.8 Å². The molecule has 0 spiro atoms. The van der Waals surface area contributed by atoms with Crippen molar-refractivity contribution in [3.05, 3.63) is 48.6 Å². The maximum absolute atomic E-state index is 13.8. The monoisotopic (exact) mass is 447 g/mol. The van der Waals surface area contributed by atoms with Crippen molar-refractivity contribution >= 4 is 16.9 Å². The van der Waals surface area contributed by atoms with Crippen molar-refractivity contribution in [3.63, 3.8) is 0 Å². The predicted molar refractivity (Wildman–Crippen MR) is 117 cm³/mol. The highest BCUT2D eigenvalue weighted by Gasteiger charge is 2.54. The van der Waals surface area contributed by atoms with Crippen molar-refractivity contribution in [2.45, 2.75) is 69.3 Å². The zero-order valence-electron chi connectivity index (χ0n) is 18.5. The Bertz CT molecular complexity index is 966. The normalized spacial score (nSPS) is 30.1. The second kappa shape index (κ2) is 7.46. The molecule has 3 aliphatic rings. The van der Waals surface area contributed by atoms with Gasteiger partial charge in [0.15, 0.2) is 17.3 Å². The lowest BCUT2D eigenvalue weighted by Crippen LogP contribution is -2.58. The lowest BCUT2D eigenvalue weighted by atomic mass is 9.80. The van der Waals surface area contributed by atoms with Crippen LogP contribution < -0.4 is 9.47 Å². The van der Waals surface area contributed by atoms with Crippen molar-refractivity contribution in [1.82, 2.24) is 4.31 Å². The van der Waals surface area contributed by atoms with Crippen LogP contribution in [0.2, 0.25) is 0 Å². The Hall–Kier alpha value is -2.16. The molecule has 7 nitrogen and oxygen atoms in total. The number of ether oxygens (including phenoxy) is 4. The molecule has 4 rings (SSSR count). The molecule has 0 N–H and O–H groups in total. The number of carbonyl (C=O) groups is 1. The van der Waals surface area contributed by atoms with Gasteiger partial charge in [0, 0.05) is 11.5 Å². The summed E-state index contributed by atoms with van der Waals surface area (Å²) < 4.78 is 37.7. The summed E-state index contributed by atoms with van der Waals surface area (Å²) in [6, 6.07) is 2.87. The molecule has 0 aromatic heterocycles. The van der Waals surface area contributed by atoms with Gasteiger partial charge in [0.2, 0.25) is 6.79 Å². The molecule has 3 heterocycles. The highest BCUT2D eigenvalue weighted by molar-refractivity contribution is 7.84. The number of benzene rings is 1. The minimum Gasteiger partial charge on any atom is -0.454 e. The van der Waals surface area contributed by atoms with E-state index in [4.69, 9.17) is 18.9 Å². The SMILES string of the molecule is C=C[C@@H]1c2cc3c(cc2C(=O)N([S@@](=O)C(C)(C)C)[C@H]1[C@@H]1OC(C)(C)O[C@@H]1C=C)OCO3. The van der Waals surface area contributed by atoms with Crippen LogP contribution in [-0.2, 0) is 20.5 Å². The zero-order valence-corrected chi connectivity index (χ0v) is 19.4. The fourth-order valence-electron chi connectivity index (χ4n) is 4.35.